The van der Waals surface area contributed by atoms with Crippen molar-refractivity contribution in [1.29, 1.82) is 0 Å². The van der Waals surface area contributed by atoms with Crippen LogP contribution in [0.4, 0.5) is 13.2 Å². The van der Waals surface area contributed by atoms with E-state index in [0.29, 0.717) is 0 Å². The molecule has 1 atom stereocenters. The van der Waals surface area contributed by atoms with Gasteiger partial charge in [-0.05, 0) is 6.42 Å². The first kappa shape index (κ1) is 14.7. The maximum absolute atomic E-state index is 12.7. The van der Waals surface area contributed by atoms with Crippen LogP contribution in [0.25, 0.3) is 0 Å². The molecule has 0 saturated carbocycles. The molecular weight excluding hydrogens is 257 g/mol. The van der Waals surface area contributed by atoms with Crippen molar-refractivity contribution in [2.45, 2.75) is 25.6 Å². The molecule has 1 heterocycles. The van der Waals surface area contributed by atoms with Crippen LogP contribution >= 0.6 is 0 Å². The standard InChI is InChI=1S/C9H17F3N2O2S/c1-3-8(9(10,11)12)13-4-6-14(7-5-13)17(2,15)16/h8H,3-7H2,1-2H3. The van der Waals surface area contributed by atoms with Crippen molar-refractivity contribution in [2.75, 3.05) is 32.4 Å². The summed E-state index contributed by atoms with van der Waals surface area (Å²) in [4.78, 5) is 1.31. The summed E-state index contributed by atoms with van der Waals surface area (Å²) in [6.45, 7) is 2.01. The zero-order chi connectivity index (χ0) is 13.3. The molecular formula is C9H17F3N2O2S. The molecule has 0 N–H and O–H groups in total. The van der Waals surface area contributed by atoms with E-state index in [1.54, 1.807) is 0 Å². The van der Waals surface area contributed by atoms with Crippen molar-refractivity contribution >= 4 is 10.0 Å². The summed E-state index contributed by atoms with van der Waals surface area (Å²) in [6.07, 6.45) is -3.19. The second-order valence-corrected chi connectivity index (χ2v) is 6.15. The van der Waals surface area contributed by atoms with E-state index in [1.807, 2.05) is 0 Å². The first-order valence-corrected chi connectivity index (χ1v) is 7.27. The van der Waals surface area contributed by atoms with Gasteiger partial charge in [-0.25, -0.2) is 8.42 Å². The minimum atomic E-state index is -4.25. The Balaban J connectivity index is 2.63. The molecule has 0 bridgehead atoms. The van der Waals surface area contributed by atoms with Crippen LogP contribution in [0.1, 0.15) is 13.3 Å². The highest BCUT2D eigenvalue weighted by Crippen LogP contribution is 2.28. The average molecular weight is 274 g/mol. The Hall–Kier alpha value is -0.340. The molecule has 1 aliphatic heterocycles. The van der Waals surface area contributed by atoms with E-state index in [1.165, 1.54) is 16.1 Å². The summed E-state index contributed by atoms with van der Waals surface area (Å²) in [7, 11) is -3.29. The lowest BCUT2D eigenvalue weighted by Gasteiger charge is -2.38. The van der Waals surface area contributed by atoms with Crippen molar-refractivity contribution in [3.63, 3.8) is 0 Å². The topological polar surface area (TPSA) is 40.6 Å². The van der Waals surface area contributed by atoms with Crippen molar-refractivity contribution in [3.05, 3.63) is 0 Å². The lowest BCUT2D eigenvalue weighted by Crippen LogP contribution is -2.55. The Labute approximate surface area is 99.4 Å². The molecule has 1 unspecified atom stereocenters. The van der Waals surface area contributed by atoms with E-state index in [2.05, 4.69) is 0 Å². The first-order valence-electron chi connectivity index (χ1n) is 5.42. The minimum absolute atomic E-state index is 0.0115. The number of hydrogen-bond donors (Lipinski definition) is 0. The molecule has 0 aliphatic carbocycles. The van der Waals surface area contributed by atoms with Crippen molar-refractivity contribution in [1.82, 2.24) is 9.21 Å². The molecule has 0 aromatic heterocycles. The number of sulfonamides is 1. The predicted molar refractivity (Wildman–Crippen MR) is 58.1 cm³/mol. The lowest BCUT2D eigenvalue weighted by atomic mass is 10.1. The number of piperazine rings is 1. The van der Waals surface area contributed by atoms with Gasteiger partial charge < -0.3 is 0 Å². The van der Waals surface area contributed by atoms with Gasteiger partial charge in [-0.3, -0.25) is 4.90 Å². The van der Waals surface area contributed by atoms with Crippen LogP contribution in [0.15, 0.2) is 0 Å². The van der Waals surface area contributed by atoms with E-state index >= 15 is 0 Å². The number of halogens is 3. The fraction of sp³-hybridized carbons (Fsp3) is 1.00. The Morgan fingerprint density at radius 3 is 1.94 bits per heavy atom. The van der Waals surface area contributed by atoms with Crippen LogP contribution in [-0.4, -0.2) is 62.3 Å². The summed E-state index contributed by atoms with van der Waals surface area (Å²) in [5.74, 6) is 0. The third kappa shape index (κ3) is 3.82. The SMILES string of the molecule is CCC(N1CCN(S(C)(=O)=O)CC1)C(F)(F)F. The predicted octanol–water partition coefficient (Wildman–Crippen LogP) is 0.905. The summed E-state index contributed by atoms with van der Waals surface area (Å²) in [5.41, 5.74) is 0. The number of rotatable bonds is 3. The highest BCUT2D eigenvalue weighted by Gasteiger charge is 2.43. The number of hydrogen-bond acceptors (Lipinski definition) is 3. The Morgan fingerprint density at radius 2 is 1.65 bits per heavy atom. The zero-order valence-corrected chi connectivity index (χ0v) is 10.7. The second-order valence-electron chi connectivity index (χ2n) is 4.16. The second kappa shape index (κ2) is 5.11. The smallest absolute Gasteiger partial charge is 0.290 e. The van der Waals surface area contributed by atoms with Crippen molar-refractivity contribution in [2.24, 2.45) is 0 Å². The Morgan fingerprint density at radius 1 is 1.18 bits per heavy atom. The highest BCUT2D eigenvalue weighted by atomic mass is 32.2. The molecule has 4 nitrogen and oxygen atoms in total. The van der Waals surface area contributed by atoms with Crippen LogP contribution < -0.4 is 0 Å². The molecule has 8 heteroatoms. The fourth-order valence-electron chi connectivity index (χ4n) is 2.04. The lowest BCUT2D eigenvalue weighted by molar-refractivity contribution is -0.187. The molecule has 17 heavy (non-hydrogen) atoms. The molecule has 0 aromatic rings. The summed E-state index contributed by atoms with van der Waals surface area (Å²) in [5, 5.41) is 0. The van der Waals surface area contributed by atoms with Gasteiger partial charge in [0.1, 0.15) is 6.04 Å². The van der Waals surface area contributed by atoms with E-state index in [0.717, 1.165) is 6.26 Å². The largest absolute Gasteiger partial charge is 0.404 e. The molecule has 0 aromatic carbocycles. The van der Waals surface area contributed by atoms with Gasteiger partial charge in [0.2, 0.25) is 10.0 Å². The average Bonchev–Trinajstić information content (AvgIpc) is 2.16. The molecule has 0 spiro atoms. The van der Waals surface area contributed by atoms with Gasteiger partial charge in [0.15, 0.2) is 0 Å². The molecule has 1 saturated heterocycles. The third-order valence-corrected chi connectivity index (χ3v) is 4.25. The van der Waals surface area contributed by atoms with E-state index in [4.69, 9.17) is 0 Å². The van der Waals surface area contributed by atoms with Crippen LogP contribution in [0, 0.1) is 0 Å². The summed E-state index contributed by atoms with van der Waals surface area (Å²) < 4.78 is 61.6. The molecule has 1 fully saturated rings. The van der Waals surface area contributed by atoms with Gasteiger partial charge in [-0.2, -0.15) is 17.5 Å². The maximum atomic E-state index is 12.7. The van der Waals surface area contributed by atoms with Gasteiger partial charge in [-0.1, -0.05) is 6.92 Å². The van der Waals surface area contributed by atoms with Gasteiger partial charge in [0, 0.05) is 26.2 Å². The van der Waals surface area contributed by atoms with E-state index in [9.17, 15) is 21.6 Å². The Kier molecular flexibility index (Phi) is 4.43. The van der Waals surface area contributed by atoms with E-state index in [-0.39, 0.29) is 32.6 Å². The quantitative estimate of drug-likeness (QED) is 0.768. The van der Waals surface area contributed by atoms with Gasteiger partial charge in [-0.15, -0.1) is 0 Å². The fourth-order valence-corrected chi connectivity index (χ4v) is 2.87. The normalized spacial score (nSPS) is 22.6. The maximum Gasteiger partial charge on any atom is 0.404 e. The molecule has 0 amide bonds. The van der Waals surface area contributed by atoms with Gasteiger partial charge >= 0.3 is 6.18 Å². The highest BCUT2D eigenvalue weighted by molar-refractivity contribution is 7.88. The Bertz CT molecular complexity index is 348. The number of nitrogens with zero attached hydrogens (tertiary/aromatic N) is 2. The zero-order valence-electron chi connectivity index (χ0n) is 9.87. The molecule has 1 rings (SSSR count). The third-order valence-electron chi connectivity index (χ3n) is 2.95. The van der Waals surface area contributed by atoms with Gasteiger partial charge in [0.25, 0.3) is 0 Å². The van der Waals surface area contributed by atoms with Gasteiger partial charge in [0.05, 0.1) is 6.26 Å². The summed E-state index contributed by atoms with van der Waals surface area (Å²) in [6, 6.07) is -1.47. The molecule has 1 aliphatic rings. The van der Waals surface area contributed by atoms with Crippen LogP contribution in [-0.2, 0) is 10.0 Å². The van der Waals surface area contributed by atoms with Crippen molar-refractivity contribution < 1.29 is 21.6 Å². The molecule has 102 valence electrons. The van der Waals surface area contributed by atoms with Crippen LogP contribution in [0.3, 0.4) is 0 Å². The summed E-state index contributed by atoms with van der Waals surface area (Å²) >= 11 is 0. The molecule has 0 radical (unpaired) electrons. The van der Waals surface area contributed by atoms with E-state index < -0.39 is 22.2 Å². The number of alkyl halides is 3. The minimum Gasteiger partial charge on any atom is -0.290 e. The van der Waals surface area contributed by atoms with Crippen LogP contribution in [0.5, 0.6) is 0 Å². The van der Waals surface area contributed by atoms with Crippen LogP contribution in [0.2, 0.25) is 0 Å². The first-order chi connectivity index (χ1) is 7.66. The van der Waals surface area contributed by atoms with Crippen molar-refractivity contribution in [3.8, 4) is 0 Å². The monoisotopic (exact) mass is 274 g/mol.